The summed E-state index contributed by atoms with van der Waals surface area (Å²) < 4.78 is 0. The van der Waals surface area contributed by atoms with Gasteiger partial charge >= 0.3 is 6.03 Å². The van der Waals surface area contributed by atoms with E-state index in [1.807, 2.05) is 49.4 Å². The number of hydrogen-bond acceptors (Lipinski definition) is 1. The minimum Gasteiger partial charge on any atom is -0.335 e. The Balaban J connectivity index is 1.83. The van der Waals surface area contributed by atoms with E-state index >= 15 is 0 Å². The maximum atomic E-state index is 11.9. The molecule has 2 amide bonds. The van der Waals surface area contributed by atoms with Crippen LogP contribution in [0.2, 0.25) is 0 Å². The van der Waals surface area contributed by atoms with E-state index in [-0.39, 0.29) is 12.1 Å². The predicted molar refractivity (Wildman–Crippen MR) is 87.6 cm³/mol. The molecule has 2 aromatic rings. The molecule has 0 fully saturated rings. The molecule has 1 unspecified atom stereocenters. The van der Waals surface area contributed by atoms with Crippen molar-refractivity contribution in [2.24, 2.45) is 0 Å². The van der Waals surface area contributed by atoms with E-state index in [2.05, 4.69) is 29.7 Å². The number of benzene rings is 2. The molecular weight excluding hydrogens is 260 g/mol. The molecular formula is C18H22N2O. The summed E-state index contributed by atoms with van der Waals surface area (Å²) >= 11 is 0. The molecule has 0 saturated carbocycles. The van der Waals surface area contributed by atoms with E-state index in [4.69, 9.17) is 0 Å². The number of amides is 2. The second-order valence-electron chi connectivity index (χ2n) is 5.24. The summed E-state index contributed by atoms with van der Waals surface area (Å²) in [6.07, 6.45) is 1.82. The first kappa shape index (κ1) is 15.1. The molecule has 0 saturated heterocycles. The predicted octanol–water partition coefficient (Wildman–Crippen LogP) is 4.00. The van der Waals surface area contributed by atoms with Crippen LogP contribution in [0.1, 0.15) is 25.0 Å². The standard InChI is InChI=1S/C18H22N2O/c1-3-15-9-11-17(12-10-15)20-18(21)19-14(2)13-16-7-5-4-6-8-16/h4-12,14H,3,13H2,1-2H3,(H2,19,20,21). The molecule has 2 aromatic carbocycles. The second kappa shape index (κ2) is 7.48. The first-order valence-electron chi connectivity index (χ1n) is 7.37. The number of hydrogen-bond donors (Lipinski definition) is 2. The Morgan fingerprint density at radius 1 is 1.00 bits per heavy atom. The van der Waals surface area contributed by atoms with Crippen molar-refractivity contribution in [2.75, 3.05) is 5.32 Å². The molecule has 110 valence electrons. The normalized spacial score (nSPS) is 11.7. The van der Waals surface area contributed by atoms with Crippen LogP contribution in [0.4, 0.5) is 10.5 Å². The smallest absolute Gasteiger partial charge is 0.319 e. The highest BCUT2D eigenvalue weighted by atomic mass is 16.2. The van der Waals surface area contributed by atoms with E-state index < -0.39 is 0 Å². The minimum atomic E-state index is -0.164. The lowest BCUT2D eigenvalue weighted by Crippen LogP contribution is -2.37. The topological polar surface area (TPSA) is 41.1 Å². The SMILES string of the molecule is CCc1ccc(NC(=O)NC(C)Cc2ccccc2)cc1. The van der Waals surface area contributed by atoms with Crippen molar-refractivity contribution >= 4 is 11.7 Å². The number of carbonyl (C=O) groups is 1. The summed E-state index contributed by atoms with van der Waals surface area (Å²) in [6, 6.07) is 18.0. The molecule has 3 nitrogen and oxygen atoms in total. The molecule has 0 aliphatic heterocycles. The summed E-state index contributed by atoms with van der Waals surface area (Å²) in [4.78, 5) is 11.9. The largest absolute Gasteiger partial charge is 0.335 e. The van der Waals surface area contributed by atoms with Gasteiger partial charge in [-0.05, 0) is 43.0 Å². The number of anilines is 1. The van der Waals surface area contributed by atoms with Gasteiger partial charge in [0.1, 0.15) is 0 Å². The van der Waals surface area contributed by atoms with Crippen molar-refractivity contribution in [3.05, 3.63) is 65.7 Å². The first-order valence-corrected chi connectivity index (χ1v) is 7.37. The molecule has 3 heteroatoms. The summed E-state index contributed by atoms with van der Waals surface area (Å²) in [6.45, 7) is 4.12. The van der Waals surface area contributed by atoms with Crippen molar-refractivity contribution in [1.82, 2.24) is 5.32 Å². The Hall–Kier alpha value is -2.29. The van der Waals surface area contributed by atoms with Gasteiger partial charge < -0.3 is 10.6 Å². The Kier molecular flexibility index (Phi) is 5.38. The van der Waals surface area contributed by atoms with Crippen LogP contribution in [-0.2, 0) is 12.8 Å². The Morgan fingerprint density at radius 3 is 2.29 bits per heavy atom. The van der Waals surface area contributed by atoms with E-state index in [1.54, 1.807) is 0 Å². The molecule has 21 heavy (non-hydrogen) atoms. The van der Waals surface area contributed by atoms with Crippen LogP contribution in [0.25, 0.3) is 0 Å². The summed E-state index contributed by atoms with van der Waals surface area (Å²) in [5.74, 6) is 0. The lowest BCUT2D eigenvalue weighted by Gasteiger charge is -2.15. The van der Waals surface area contributed by atoms with Gasteiger partial charge in [0.25, 0.3) is 0 Å². The molecule has 1 atom stereocenters. The van der Waals surface area contributed by atoms with Gasteiger partial charge in [0.15, 0.2) is 0 Å². The molecule has 0 spiro atoms. The molecule has 0 radical (unpaired) electrons. The Morgan fingerprint density at radius 2 is 1.67 bits per heavy atom. The van der Waals surface area contributed by atoms with Crippen LogP contribution < -0.4 is 10.6 Å². The molecule has 2 rings (SSSR count). The van der Waals surface area contributed by atoms with Gasteiger partial charge in [0.2, 0.25) is 0 Å². The van der Waals surface area contributed by atoms with E-state index in [9.17, 15) is 4.79 Å². The van der Waals surface area contributed by atoms with Gasteiger partial charge in [-0.2, -0.15) is 0 Å². The fourth-order valence-electron chi connectivity index (χ4n) is 2.23. The van der Waals surface area contributed by atoms with Gasteiger partial charge in [-0.3, -0.25) is 0 Å². The van der Waals surface area contributed by atoms with E-state index in [1.165, 1.54) is 11.1 Å². The maximum absolute atomic E-state index is 11.9. The lowest BCUT2D eigenvalue weighted by molar-refractivity contribution is 0.249. The molecule has 0 aromatic heterocycles. The van der Waals surface area contributed by atoms with Gasteiger partial charge in [0.05, 0.1) is 0 Å². The number of carbonyl (C=O) groups excluding carboxylic acids is 1. The lowest BCUT2D eigenvalue weighted by atomic mass is 10.1. The minimum absolute atomic E-state index is 0.0855. The monoisotopic (exact) mass is 282 g/mol. The van der Waals surface area contributed by atoms with Gasteiger partial charge in [-0.1, -0.05) is 49.4 Å². The third-order valence-corrected chi connectivity index (χ3v) is 3.38. The summed E-state index contributed by atoms with van der Waals surface area (Å²) in [5.41, 5.74) is 3.30. The van der Waals surface area contributed by atoms with Crippen LogP contribution >= 0.6 is 0 Å². The van der Waals surface area contributed by atoms with E-state index in [0.29, 0.717) is 0 Å². The average molecular weight is 282 g/mol. The highest BCUT2D eigenvalue weighted by molar-refractivity contribution is 5.89. The number of rotatable bonds is 5. The zero-order chi connectivity index (χ0) is 15.1. The third kappa shape index (κ3) is 4.95. The third-order valence-electron chi connectivity index (χ3n) is 3.38. The number of urea groups is 1. The van der Waals surface area contributed by atoms with Crippen LogP contribution in [0, 0.1) is 0 Å². The average Bonchev–Trinajstić information content (AvgIpc) is 2.48. The van der Waals surface area contributed by atoms with Crippen LogP contribution in [0.15, 0.2) is 54.6 Å². The van der Waals surface area contributed by atoms with Crippen molar-refractivity contribution in [2.45, 2.75) is 32.7 Å². The van der Waals surface area contributed by atoms with Crippen molar-refractivity contribution < 1.29 is 4.79 Å². The number of aryl methyl sites for hydroxylation is 1. The van der Waals surface area contributed by atoms with Crippen molar-refractivity contribution in [3.8, 4) is 0 Å². The van der Waals surface area contributed by atoms with Gasteiger partial charge in [-0.15, -0.1) is 0 Å². The van der Waals surface area contributed by atoms with Crippen molar-refractivity contribution in [3.63, 3.8) is 0 Å². The van der Waals surface area contributed by atoms with Crippen molar-refractivity contribution in [1.29, 1.82) is 0 Å². The highest BCUT2D eigenvalue weighted by Gasteiger charge is 2.08. The van der Waals surface area contributed by atoms with Gasteiger partial charge in [0, 0.05) is 11.7 Å². The van der Waals surface area contributed by atoms with Crippen LogP contribution in [0.5, 0.6) is 0 Å². The highest BCUT2D eigenvalue weighted by Crippen LogP contribution is 2.10. The van der Waals surface area contributed by atoms with Crippen LogP contribution in [-0.4, -0.2) is 12.1 Å². The first-order chi connectivity index (χ1) is 10.2. The summed E-state index contributed by atoms with van der Waals surface area (Å²) in [5, 5.41) is 5.82. The second-order valence-corrected chi connectivity index (χ2v) is 5.24. The summed E-state index contributed by atoms with van der Waals surface area (Å²) in [7, 11) is 0. The van der Waals surface area contributed by atoms with Crippen LogP contribution in [0.3, 0.4) is 0 Å². The molecule has 0 aliphatic carbocycles. The number of nitrogens with one attached hydrogen (secondary N) is 2. The zero-order valence-electron chi connectivity index (χ0n) is 12.6. The fraction of sp³-hybridized carbons (Fsp3) is 0.278. The van der Waals surface area contributed by atoms with E-state index in [0.717, 1.165) is 18.5 Å². The molecule has 0 heterocycles. The quantitative estimate of drug-likeness (QED) is 0.855. The maximum Gasteiger partial charge on any atom is 0.319 e. The molecule has 0 bridgehead atoms. The molecule has 2 N–H and O–H groups in total. The Bertz CT molecular complexity index is 564. The van der Waals surface area contributed by atoms with Gasteiger partial charge in [-0.25, -0.2) is 4.79 Å². The Labute approximate surface area is 126 Å². The zero-order valence-corrected chi connectivity index (χ0v) is 12.6. The molecule has 0 aliphatic rings. The fourth-order valence-corrected chi connectivity index (χ4v) is 2.23.